The van der Waals surface area contributed by atoms with Crippen molar-refractivity contribution >= 4 is 38.7 Å². The van der Waals surface area contributed by atoms with Crippen molar-refractivity contribution in [1.29, 1.82) is 0 Å². The maximum Gasteiger partial charge on any atom is 0.271 e. The van der Waals surface area contributed by atoms with Crippen LogP contribution in [0.2, 0.25) is 0 Å². The molecule has 0 saturated heterocycles. The number of anilines is 1. The Balaban J connectivity index is 1.32. The standard InChI is InChI=1S/C36H30N4O3S/c1-25-20-21-33(26(2)22-25)39-44(42,43)30-17-11-14-28(23-30)36(41)38-37-24-32-31-18-9-10-19-34(31)40(29-15-7-4-8-16-29)35(32)27-12-5-3-6-13-27/h3-24,39H,1-2H3,(H,38,41)/b37-24+. The number of aromatic nitrogens is 1. The fourth-order valence-electron chi connectivity index (χ4n) is 5.28. The number of hydrazone groups is 1. The molecule has 0 bridgehead atoms. The predicted octanol–water partition coefficient (Wildman–Crippen LogP) is 7.48. The van der Waals surface area contributed by atoms with E-state index in [1.54, 1.807) is 18.3 Å². The Hall–Kier alpha value is -5.47. The number of amides is 1. The molecule has 0 radical (unpaired) electrons. The summed E-state index contributed by atoms with van der Waals surface area (Å²) >= 11 is 0. The highest BCUT2D eigenvalue weighted by Gasteiger charge is 2.20. The smallest absolute Gasteiger partial charge is 0.271 e. The van der Waals surface area contributed by atoms with Crippen molar-refractivity contribution in [3.05, 3.63) is 150 Å². The predicted molar refractivity (Wildman–Crippen MR) is 177 cm³/mol. The highest BCUT2D eigenvalue weighted by atomic mass is 32.2. The molecular weight excluding hydrogens is 568 g/mol. The molecular formula is C36H30N4O3S. The summed E-state index contributed by atoms with van der Waals surface area (Å²) in [5, 5.41) is 5.31. The van der Waals surface area contributed by atoms with Crippen LogP contribution in [0.4, 0.5) is 5.69 Å². The molecule has 7 nitrogen and oxygen atoms in total. The second-order valence-corrected chi connectivity index (χ2v) is 12.1. The van der Waals surface area contributed by atoms with Crippen LogP contribution in [-0.4, -0.2) is 25.1 Å². The van der Waals surface area contributed by atoms with Gasteiger partial charge in [0.2, 0.25) is 0 Å². The fraction of sp³-hybridized carbons (Fsp3) is 0.0556. The summed E-state index contributed by atoms with van der Waals surface area (Å²) in [6.45, 7) is 3.78. The van der Waals surface area contributed by atoms with Crippen LogP contribution in [0.25, 0.3) is 27.8 Å². The lowest BCUT2D eigenvalue weighted by Gasteiger charge is -2.12. The highest BCUT2D eigenvalue weighted by molar-refractivity contribution is 7.92. The van der Waals surface area contributed by atoms with Gasteiger partial charge in [0.05, 0.1) is 28.0 Å². The summed E-state index contributed by atoms with van der Waals surface area (Å²) in [5.74, 6) is -0.530. The van der Waals surface area contributed by atoms with E-state index in [1.807, 2.05) is 92.7 Å². The van der Waals surface area contributed by atoms with Crippen LogP contribution >= 0.6 is 0 Å². The minimum Gasteiger partial charge on any atom is -0.309 e. The molecule has 6 aromatic rings. The minimum atomic E-state index is -3.92. The lowest BCUT2D eigenvalue weighted by Crippen LogP contribution is -2.19. The molecule has 218 valence electrons. The van der Waals surface area contributed by atoms with E-state index in [1.165, 1.54) is 18.2 Å². The van der Waals surface area contributed by atoms with Crippen molar-refractivity contribution in [2.24, 2.45) is 5.10 Å². The summed E-state index contributed by atoms with van der Waals surface area (Å²) in [6.07, 6.45) is 1.64. The van der Waals surface area contributed by atoms with E-state index >= 15 is 0 Å². The molecule has 0 aliphatic heterocycles. The van der Waals surface area contributed by atoms with Crippen molar-refractivity contribution in [3.8, 4) is 16.9 Å². The summed E-state index contributed by atoms with van der Waals surface area (Å²) in [6, 6.07) is 39.5. The minimum absolute atomic E-state index is 0.0219. The number of rotatable bonds is 8. The van der Waals surface area contributed by atoms with Gasteiger partial charge in [-0.05, 0) is 67.4 Å². The zero-order valence-electron chi connectivity index (χ0n) is 24.2. The van der Waals surface area contributed by atoms with Crippen molar-refractivity contribution < 1.29 is 13.2 Å². The van der Waals surface area contributed by atoms with E-state index in [-0.39, 0.29) is 10.5 Å². The van der Waals surface area contributed by atoms with Gasteiger partial charge in [0.1, 0.15) is 0 Å². The molecule has 0 aliphatic carbocycles. The van der Waals surface area contributed by atoms with E-state index in [0.717, 1.165) is 44.5 Å². The van der Waals surface area contributed by atoms with Crippen LogP contribution < -0.4 is 10.1 Å². The normalized spacial score (nSPS) is 11.6. The van der Waals surface area contributed by atoms with Gasteiger partial charge < -0.3 is 4.57 Å². The summed E-state index contributed by atoms with van der Waals surface area (Å²) in [5.41, 5.74) is 9.84. The molecule has 2 N–H and O–H groups in total. The Bertz CT molecular complexity index is 2120. The average Bonchev–Trinajstić information content (AvgIpc) is 3.37. The quantitative estimate of drug-likeness (QED) is 0.141. The third-order valence-electron chi connectivity index (χ3n) is 7.37. The number of hydrogen-bond donors (Lipinski definition) is 2. The number of nitrogens with zero attached hydrogens (tertiary/aromatic N) is 2. The van der Waals surface area contributed by atoms with Crippen LogP contribution in [0.5, 0.6) is 0 Å². The van der Waals surface area contributed by atoms with Crippen molar-refractivity contribution in [2.75, 3.05) is 4.72 Å². The first kappa shape index (κ1) is 28.6. The molecule has 44 heavy (non-hydrogen) atoms. The SMILES string of the molecule is Cc1ccc(NS(=O)(=O)c2cccc(C(=O)N/N=C/c3c(-c4ccccc4)n(-c4ccccc4)c4ccccc34)c2)c(C)c1. The number of hydrogen-bond acceptors (Lipinski definition) is 4. The van der Waals surface area contributed by atoms with Crippen molar-refractivity contribution in [3.63, 3.8) is 0 Å². The Labute approximate surface area is 256 Å². The van der Waals surface area contributed by atoms with Crippen LogP contribution in [0.3, 0.4) is 0 Å². The Morgan fingerprint density at radius 1 is 0.773 bits per heavy atom. The molecule has 0 atom stereocenters. The van der Waals surface area contributed by atoms with Crippen LogP contribution in [0, 0.1) is 13.8 Å². The maximum absolute atomic E-state index is 13.2. The number of fused-ring (bicyclic) bond motifs is 1. The van der Waals surface area contributed by atoms with E-state index in [4.69, 9.17) is 0 Å². The highest BCUT2D eigenvalue weighted by Crippen LogP contribution is 2.35. The Morgan fingerprint density at radius 2 is 1.48 bits per heavy atom. The summed E-state index contributed by atoms with van der Waals surface area (Å²) in [4.78, 5) is 13.1. The molecule has 1 heterocycles. The Kier molecular flexibility index (Phi) is 7.83. The number of nitrogens with one attached hydrogen (secondary N) is 2. The first-order chi connectivity index (χ1) is 21.3. The van der Waals surface area contributed by atoms with E-state index < -0.39 is 15.9 Å². The number of benzene rings is 5. The van der Waals surface area contributed by atoms with Gasteiger partial charge in [-0.2, -0.15) is 5.10 Å². The second kappa shape index (κ2) is 12.0. The van der Waals surface area contributed by atoms with Gasteiger partial charge in [0, 0.05) is 22.2 Å². The average molecular weight is 599 g/mol. The third kappa shape index (κ3) is 5.75. The maximum atomic E-state index is 13.2. The van der Waals surface area contributed by atoms with Crippen LogP contribution in [0.1, 0.15) is 27.0 Å². The van der Waals surface area contributed by atoms with Crippen LogP contribution in [-0.2, 0) is 10.0 Å². The number of aryl methyl sites for hydroxylation is 2. The van der Waals surface area contributed by atoms with Crippen molar-refractivity contribution in [1.82, 2.24) is 9.99 Å². The molecule has 6 rings (SSSR count). The third-order valence-corrected chi connectivity index (χ3v) is 8.73. The first-order valence-corrected chi connectivity index (χ1v) is 15.6. The van der Waals surface area contributed by atoms with Gasteiger partial charge in [0.25, 0.3) is 15.9 Å². The van der Waals surface area contributed by atoms with E-state index in [9.17, 15) is 13.2 Å². The lowest BCUT2D eigenvalue weighted by molar-refractivity contribution is 0.0955. The number of carbonyl (C=O) groups excluding carboxylic acids is 1. The largest absolute Gasteiger partial charge is 0.309 e. The molecule has 0 spiro atoms. The topological polar surface area (TPSA) is 92.6 Å². The zero-order valence-corrected chi connectivity index (χ0v) is 25.0. The Morgan fingerprint density at radius 3 is 2.23 bits per heavy atom. The summed E-state index contributed by atoms with van der Waals surface area (Å²) < 4.78 is 31.1. The molecule has 1 aromatic heterocycles. The van der Waals surface area contributed by atoms with E-state index in [2.05, 4.69) is 38.0 Å². The van der Waals surface area contributed by atoms with Gasteiger partial charge in [-0.1, -0.05) is 90.5 Å². The number of sulfonamides is 1. The second-order valence-electron chi connectivity index (χ2n) is 10.5. The van der Waals surface area contributed by atoms with Gasteiger partial charge in [-0.25, -0.2) is 13.8 Å². The molecule has 0 unspecified atom stereocenters. The van der Waals surface area contributed by atoms with Gasteiger partial charge >= 0.3 is 0 Å². The molecule has 5 aromatic carbocycles. The zero-order chi connectivity index (χ0) is 30.7. The molecule has 8 heteroatoms. The molecule has 0 aliphatic rings. The van der Waals surface area contributed by atoms with Gasteiger partial charge in [0.15, 0.2) is 0 Å². The van der Waals surface area contributed by atoms with Gasteiger partial charge in [-0.3, -0.25) is 9.52 Å². The first-order valence-electron chi connectivity index (χ1n) is 14.1. The monoisotopic (exact) mass is 598 g/mol. The van der Waals surface area contributed by atoms with Crippen LogP contribution in [0.15, 0.2) is 137 Å². The fourth-order valence-corrected chi connectivity index (χ4v) is 6.45. The molecule has 0 fully saturated rings. The number of para-hydroxylation sites is 2. The van der Waals surface area contributed by atoms with E-state index in [0.29, 0.717) is 5.69 Å². The number of carbonyl (C=O) groups is 1. The lowest BCUT2D eigenvalue weighted by atomic mass is 10.1. The summed E-state index contributed by atoms with van der Waals surface area (Å²) in [7, 11) is -3.92. The molecule has 0 saturated carbocycles. The van der Waals surface area contributed by atoms with Crippen molar-refractivity contribution in [2.45, 2.75) is 18.7 Å². The van der Waals surface area contributed by atoms with Gasteiger partial charge in [-0.15, -0.1) is 0 Å². The molecule has 1 amide bonds.